The number of anilines is 1. The lowest BCUT2D eigenvalue weighted by Gasteiger charge is -2.42. The number of hydrogen-bond donors (Lipinski definition) is 0. The van der Waals surface area contributed by atoms with E-state index in [1.54, 1.807) is 43.9 Å². The number of likely N-dealkylation sites (N-methyl/N-ethyl adjacent to an activating group) is 2. The lowest BCUT2D eigenvalue weighted by Crippen LogP contribution is -2.62. The van der Waals surface area contributed by atoms with Gasteiger partial charge in [-0.3, -0.25) is 24.4 Å². The molecule has 5 heterocycles. The van der Waals surface area contributed by atoms with Crippen LogP contribution in [0.15, 0.2) is 65.5 Å². The van der Waals surface area contributed by atoms with Gasteiger partial charge in [-0.25, -0.2) is 4.39 Å². The molecule has 10 heteroatoms. The van der Waals surface area contributed by atoms with Crippen molar-refractivity contribution < 1.29 is 18.4 Å². The molecule has 0 N–H and O–H groups in total. The number of halogens is 1. The molecule has 2 aromatic heterocycles. The maximum absolute atomic E-state index is 14.7. The van der Waals surface area contributed by atoms with Crippen molar-refractivity contribution in [2.24, 2.45) is 0 Å². The SMILES string of the molecule is CN1C(=O)[C@]2(c3cc(F)ccc31)N(C)C[C@H](c1ccncc1)[C@@]21SC(=S)N(Cc2ccco2)C1=O. The fraction of sp³-hybridized carbons (Fsp3) is 0.280. The molecule has 2 spiro atoms. The first-order valence-electron chi connectivity index (χ1n) is 11.1. The fourth-order valence-electron chi connectivity index (χ4n) is 5.96. The lowest BCUT2D eigenvalue weighted by atomic mass is 9.72. The van der Waals surface area contributed by atoms with Gasteiger partial charge in [-0.2, -0.15) is 0 Å². The van der Waals surface area contributed by atoms with Gasteiger partial charge in [0.05, 0.1) is 12.8 Å². The molecule has 2 saturated heterocycles. The summed E-state index contributed by atoms with van der Waals surface area (Å²) in [6, 6.07) is 11.6. The third-order valence-electron chi connectivity index (χ3n) is 7.42. The molecule has 0 saturated carbocycles. The Morgan fingerprint density at radius 1 is 1.17 bits per heavy atom. The monoisotopic (exact) mass is 508 g/mol. The normalized spacial score (nSPS) is 28.2. The second kappa shape index (κ2) is 7.71. The fourth-order valence-corrected chi connectivity index (χ4v) is 8.09. The van der Waals surface area contributed by atoms with Crippen LogP contribution in [0.2, 0.25) is 0 Å². The van der Waals surface area contributed by atoms with Gasteiger partial charge >= 0.3 is 0 Å². The van der Waals surface area contributed by atoms with E-state index in [4.69, 9.17) is 16.6 Å². The molecule has 1 aromatic carbocycles. The van der Waals surface area contributed by atoms with Crippen LogP contribution in [-0.2, 0) is 21.7 Å². The summed E-state index contributed by atoms with van der Waals surface area (Å²) in [7, 11) is 3.49. The number of benzene rings is 1. The second-order valence-electron chi connectivity index (χ2n) is 9.02. The van der Waals surface area contributed by atoms with Crippen LogP contribution in [0.25, 0.3) is 0 Å². The highest BCUT2D eigenvalue weighted by Gasteiger charge is 2.78. The molecule has 0 bridgehead atoms. The smallest absolute Gasteiger partial charge is 0.254 e. The third kappa shape index (κ3) is 2.75. The van der Waals surface area contributed by atoms with E-state index in [-0.39, 0.29) is 18.4 Å². The average Bonchev–Trinajstić information content (AvgIpc) is 3.57. The first-order valence-corrected chi connectivity index (χ1v) is 12.3. The summed E-state index contributed by atoms with van der Waals surface area (Å²) in [5.41, 5.74) is 0.485. The van der Waals surface area contributed by atoms with Gasteiger partial charge < -0.3 is 9.32 Å². The highest BCUT2D eigenvalue weighted by molar-refractivity contribution is 8.25. The lowest BCUT2D eigenvalue weighted by molar-refractivity contribution is -0.139. The van der Waals surface area contributed by atoms with Crippen molar-refractivity contribution in [3.63, 3.8) is 0 Å². The Labute approximate surface area is 210 Å². The van der Waals surface area contributed by atoms with Crippen LogP contribution in [0.4, 0.5) is 10.1 Å². The molecule has 3 aliphatic heterocycles. The van der Waals surface area contributed by atoms with E-state index >= 15 is 0 Å². The average molecular weight is 509 g/mol. The number of thiocarbonyl (C=S) groups is 1. The minimum Gasteiger partial charge on any atom is -0.467 e. The van der Waals surface area contributed by atoms with E-state index in [0.29, 0.717) is 27.9 Å². The largest absolute Gasteiger partial charge is 0.467 e. The summed E-state index contributed by atoms with van der Waals surface area (Å²) in [6.45, 7) is 0.553. The second-order valence-corrected chi connectivity index (χ2v) is 10.9. The molecule has 2 amide bonds. The highest BCUT2D eigenvalue weighted by atomic mass is 32.2. The maximum atomic E-state index is 14.7. The standard InChI is InChI=1S/C25H21FN4O3S2/c1-28-14-19(15-7-9-27-10-8-15)25(22(32)30(23(34)35-25)13-17-4-3-11-33-17)24(28)18-12-16(26)5-6-20(18)29(2)21(24)31/h3-12,19H,13-14H2,1-2H3/t19-,24+,25+/m1/s1. The first-order chi connectivity index (χ1) is 16.8. The number of fused-ring (bicyclic) bond motifs is 3. The zero-order valence-electron chi connectivity index (χ0n) is 19.0. The van der Waals surface area contributed by atoms with Gasteiger partial charge in [-0.1, -0.05) is 24.0 Å². The van der Waals surface area contributed by atoms with E-state index in [1.165, 1.54) is 33.7 Å². The summed E-state index contributed by atoms with van der Waals surface area (Å²) in [6.07, 6.45) is 4.89. The molecule has 3 aromatic rings. The van der Waals surface area contributed by atoms with Crippen LogP contribution in [0.3, 0.4) is 0 Å². The molecule has 2 fully saturated rings. The van der Waals surface area contributed by atoms with E-state index in [0.717, 1.165) is 5.56 Å². The Balaban J connectivity index is 1.62. The van der Waals surface area contributed by atoms with Crippen LogP contribution < -0.4 is 4.90 Å². The zero-order chi connectivity index (χ0) is 24.5. The van der Waals surface area contributed by atoms with Gasteiger partial charge in [0.1, 0.15) is 20.6 Å². The Morgan fingerprint density at radius 2 is 1.94 bits per heavy atom. The number of likely N-dealkylation sites (tertiary alicyclic amines) is 1. The predicted molar refractivity (Wildman–Crippen MR) is 133 cm³/mol. The molecule has 0 unspecified atom stereocenters. The number of nitrogens with zero attached hydrogens (tertiary/aromatic N) is 4. The van der Waals surface area contributed by atoms with Crippen molar-refractivity contribution in [3.8, 4) is 0 Å². The van der Waals surface area contributed by atoms with Crippen LogP contribution in [0, 0.1) is 5.82 Å². The Bertz CT molecular complexity index is 1370. The Morgan fingerprint density at radius 3 is 2.66 bits per heavy atom. The molecule has 0 radical (unpaired) electrons. The molecule has 7 nitrogen and oxygen atoms in total. The van der Waals surface area contributed by atoms with Gasteiger partial charge in [0, 0.05) is 43.2 Å². The van der Waals surface area contributed by atoms with Gasteiger partial charge in [0.2, 0.25) is 5.91 Å². The third-order valence-corrected chi connectivity index (χ3v) is 9.36. The Hall–Kier alpha value is -3.08. The molecule has 3 aliphatic rings. The van der Waals surface area contributed by atoms with Gasteiger partial charge in [-0.15, -0.1) is 0 Å². The van der Waals surface area contributed by atoms with E-state index in [1.807, 2.05) is 24.1 Å². The summed E-state index contributed by atoms with van der Waals surface area (Å²) < 4.78 is 19.2. The number of carbonyl (C=O) groups is 2. The molecular weight excluding hydrogens is 487 g/mol. The predicted octanol–water partition coefficient (Wildman–Crippen LogP) is 3.51. The molecule has 178 valence electrons. The number of furan rings is 1. The van der Waals surface area contributed by atoms with Crippen molar-refractivity contribution in [1.29, 1.82) is 0 Å². The van der Waals surface area contributed by atoms with Crippen molar-refractivity contribution in [3.05, 3.63) is 83.8 Å². The van der Waals surface area contributed by atoms with Crippen molar-refractivity contribution >= 4 is 45.8 Å². The van der Waals surface area contributed by atoms with Crippen molar-refractivity contribution in [2.75, 3.05) is 25.5 Å². The summed E-state index contributed by atoms with van der Waals surface area (Å²) in [5, 5.41) is 0. The highest BCUT2D eigenvalue weighted by Crippen LogP contribution is 2.66. The summed E-state index contributed by atoms with van der Waals surface area (Å²) in [5.74, 6) is -0.846. The molecule has 35 heavy (non-hydrogen) atoms. The number of pyridine rings is 1. The number of aromatic nitrogens is 1. The number of thioether (sulfide) groups is 1. The van der Waals surface area contributed by atoms with Crippen LogP contribution in [-0.4, -0.2) is 56.3 Å². The molecular formula is C25H21FN4O3S2. The van der Waals surface area contributed by atoms with E-state index in [9.17, 15) is 14.0 Å². The number of carbonyl (C=O) groups excluding carboxylic acids is 2. The summed E-state index contributed by atoms with van der Waals surface area (Å²) >= 11 is 6.98. The molecule has 3 atom stereocenters. The van der Waals surface area contributed by atoms with Gasteiger partial charge in [0.15, 0.2) is 5.54 Å². The van der Waals surface area contributed by atoms with Crippen LogP contribution >= 0.6 is 24.0 Å². The quantitative estimate of drug-likeness (QED) is 0.502. The minimum atomic E-state index is -1.45. The van der Waals surface area contributed by atoms with Gasteiger partial charge in [0.25, 0.3) is 5.91 Å². The Kier molecular flexibility index (Phi) is 4.93. The maximum Gasteiger partial charge on any atom is 0.254 e. The van der Waals surface area contributed by atoms with E-state index < -0.39 is 22.0 Å². The van der Waals surface area contributed by atoms with Gasteiger partial charge in [-0.05, 0) is 55.1 Å². The number of amides is 2. The van der Waals surface area contributed by atoms with Crippen LogP contribution in [0.1, 0.15) is 22.8 Å². The van der Waals surface area contributed by atoms with Crippen molar-refractivity contribution in [2.45, 2.75) is 22.7 Å². The summed E-state index contributed by atoms with van der Waals surface area (Å²) in [4.78, 5) is 37.9. The van der Waals surface area contributed by atoms with Crippen molar-refractivity contribution in [1.82, 2.24) is 14.8 Å². The van der Waals surface area contributed by atoms with E-state index in [2.05, 4.69) is 4.98 Å². The topological polar surface area (TPSA) is 69.9 Å². The first kappa shape index (κ1) is 22.4. The zero-order valence-corrected chi connectivity index (χ0v) is 20.6. The molecule has 0 aliphatic carbocycles. The minimum absolute atomic E-state index is 0.155. The number of rotatable bonds is 3. The number of hydrogen-bond acceptors (Lipinski definition) is 7. The molecule has 6 rings (SSSR count). The van der Waals surface area contributed by atoms with Crippen LogP contribution in [0.5, 0.6) is 0 Å².